The van der Waals surface area contributed by atoms with Gasteiger partial charge in [0, 0.05) is 11.6 Å². The second-order valence-corrected chi connectivity index (χ2v) is 3.76. The average molecular weight is 244 g/mol. The zero-order valence-electron chi connectivity index (χ0n) is 9.54. The number of Topliss-reactive ketones (excluding diaryl/α,β-unsaturated/α-hetero) is 1. The number of ketones is 1. The van der Waals surface area contributed by atoms with E-state index in [0.29, 0.717) is 11.3 Å². The quantitative estimate of drug-likeness (QED) is 0.810. The van der Waals surface area contributed by atoms with Crippen LogP contribution in [0.3, 0.4) is 0 Å². The maximum atomic E-state index is 11.7. The lowest BCUT2D eigenvalue weighted by atomic mass is 10.1. The zero-order chi connectivity index (χ0) is 13.0. The van der Waals surface area contributed by atoms with Crippen molar-refractivity contribution in [2.75, 3.05) is 6.61 Å². The maximum Gasteiger partial charge on any atom is 0.200 e. The van der Waals surface area contributed by atoms with Crippen molar-refractivity contribution in [3.8, 4) is 17.2 Å². The van der Waals surface area contributed by atoms with Crippen LogP contribution in [0.2, 0.25) is 0 Å². The summed E-state index contributed by atoms with van der Waals surface area (Å²) in [7, 11) is 0. The molecule has 0 bridgehead atoms. The van der Waals surface area contributed by atoms with Gasteiger partial charge < -0.3 is 14.9 Å². The lowest BCUT2D eigenvalue weighted by Crippen LogP contribution is -2.11. The molecule has 0 spiro atoms. The molecule has 0 unspecified atom stereocenters. The van der Waals surface area contributed by atoms with Crippen molar-refractivity contribution in [3.05, 3.63) is 54.1 Å². The number of rotatable bonds is 4. The van der Waals surface area contributed by atoms with E-state index in [0.717, 1.165) is 0 Å². The molecule has 0 radical (unpaired) electrons. The first-order valence-corrected chi connectivity index (χ1v) is 5.39. The van der Waals surface area contributed by atoms with Crippen LogP contribution in [0.15, 0.2) is 48.5 Å². The highest BCUT2D eigenvalue weighted by molar-refractivity contribution is 5.97. The van der Waals surface area contributed by atoms with Crippen molar-refractivity contribution in [3.63, 3.8) is 0 Å². The lowest BCUT2D eigenvalue weighted by molar-refractivity contribution is 0.0921. The fourth-order valence-corrected chi connectivity index (χ4v) is 1.45. The standard InChI is InChI=1S/C14H12O4/c15-11-6-4-10(5-7-11)14(17)9-18-13-3-1-2-12(16)8-13/h1-8,15-16H,9H2. The predicted molar refractivity (Wildman–Crippen MR) is 66.0 cm³/mol. The van der Waals surface area contributed by atoms with Crippen molar-refractivity contribution in [1.29, 1.82) is 0 Å². The Morgan fingerprint density at radius 1 is 1.00 bits per heavy atom. The Hall–Kier alpha value is -2.49. The van der Waals surface area contributed by atoms with Crippen molar-refractivity contribution in [1.82, 2.24) is 0 Å². The number of benzene rings is 2. The molecule has 92 valence electrons. The van der Waals surface area contributed by atoms with E-state index >= 15 is 0 Å². The summed E-state index contributed by atoms with van der Waals surface area (Å²) in [5, 5.41) is 18.3. The first kappa shape index (κ1) is 12.0. The number of carbonyl (C=O) groups excluding carboxylic acids is 1. The van der Waals surface area contributed by atoms with E-state index in [2.05, 4.69) is 0 Å². The largest absolute Gasteiger partial charge is 0.508 e. The number of hydrogen-bond acceptors (Lipinski definition) is 4. The highest BCUT2D eigenvalue weighted by Gasteiger charge is 2.06. The number of aromatic hydroxyl groups is 2. The van der Waals surface area contributed by atoms with Gasteiger partial charge in [-0.25, -0.2) is 0 Å². The summed E-state index contributed by atoms with van der Waals surface area (Å²) in [5.41, 5.74) is 0.466. The molecule has 0 fully saturated rings. The molecule has 2 N–H and O–H groups in total. The van der Waals surface area contributed by atoms with Crippen LogP contribution in [0.1, 0.15) is 10.4 Å². The number of carbonyl (C=O) groups is 1. The molecule has 0 amide bonds. The number of phenols is 2. The smallest absolute Gasteiger partial charge is 0.200 e. The monoisotopic (exact) mass is 244 g/mol. The third kappa shape index (κ3) is 3.01. The summed E-state index contributed by atoms with van der Waals surface area (Å²) < 4.78 is 5.26. The second-order valence-electron chi connectivity index (χ2n) is 3.76. The number of hydrogen-bond donors (Lipinski definition) is 2. The molecular formula is C14H12O4. The molecule has 4 nitrogen and oxygen atoms in total. The van der Waals surface area contributed by atoms with Crippen LogP contribution < -0.4 is 4.74 Å². The van der Waals surface area contributed by atoms with E-state index in [4.69, 9.17) is 9.84 Å². The Kier molecular flexibility index (Phi) is 3.48. The van der Waals surface area contributed by atoms with Crippen molar-refractivity contribution < 1.29 is 19.7 Å². The molecule has 0 saturated carbocycles. The number of ether oxygens (including phenoxy) is 1. The Balaban J connectivity index is 1.98. The average Bonchev–Trinajstić information content (AvgIpc) is 2.37. The maximum absolute atomic E-state index is 11.7. The fourth-order valence-electron chi connectivity index (χ4n) is 1.45. The van der Waals surface area contributed by atoms with Gasteiger partial charge in [-0.05, 0) is 36.4 Å². The molecule has 0 heterocycles. The molecule has 0 atom stereocenters. The minimum absolute atomic E-state index is 0.0876. The summed E-state index contributed by atoms with van der Waals surface area (Å²) in [6.07, 6.45) is 0. The van der Waals surface area contributed by atoms with Crippen LogP contribution >= 0.6 is 0 Å². The second kappa shape index (κ2) is 5.23. The van der Waals surface area contributed by atoms with Gasteiger partial charge in [-0.15, -0.1) is 0 Å². The molecule has 2 aromatic carbocycles. The van der Waals surface area contributed by atoms with Gasteiger partial charge in [-0.3, -0.25) is 4.79 Å². The molecule has 4 heteroatoms. The highest BCUT2D eigenvalue weighted by atomic mass is 16.5. The molecule has 0 saturated heterocycles. The Bertz CT molecular complexity index is 546. The molecule has 18 heavy (non-hydrogen) atoms. The van der Waals surface area contributed by atoms with E-state index in [9.17, 15) is 9.90 Å². The van der Waals surface area contributed by atoms with Gasteiger partial charge in [-0.2, -0.15) is 0 Å². The first-order chi connectivity index (χ1) is 8.65. The summed E-state index contributed by atoms with van der Waals surface area (Å²) in [6.45, 7) is -0.117. The molecule has 2 aromatic rings. The minimum atomic E-state index is -0.196. The zero-order valence-corrected chi connectivity index (χ0v) is 9.54. The Morgan fingerprint density at radius 2 is 1.72 bits per heavy atom. The van der Waals surface area contributed by atoms with E-state index in [1.54, 1.807) is 12.1 Å². The van der Waals surface area contributed by atoms with Gasteiger partial charge in [-0.1, -0.05) is 6.07 Å². The van der Waals surface area contributed by atoms with Gasteiger partial charge in [0.15, 0.2) is 12.4 Å². The van der Waals surface area contributed by atoms with E-state index in [-0.39, 0.29) is 23.9 Å². The molecule has 2 rings (SSSR count). The lowest BCUT2D eigenvalue weighted by Gasteiger charge is -2.05. The molecule has 0 aliphatic carbocycles. The third-order valence-corrected chi connectivity index (χ3v) is 2.38. The first-order valence-electron chi connectivity index (χ1n) is 5.39. The Labute approximate surface area is 104 Å². The molecule has 0 aliphatic rings. The summed E-state index contributed by atoms with van der Waals surface area (Å²) >= 11 is 0. The Morgan fingerprint density at radius 3 is 2.39 bits per heavy atom. The summed E-state index contributed by atoms with van der Waals surface area (Å²) in [6, 6.07) is 12.2. The third-order valence-electron chi connectivity index (χ3n) is 2.38. The van der Waals surface area contributed by atoms with Crippen molar-refractivity contribution in [2.24, 2.45) is 0 Å². The van der Waals surface area contributed by atoms with Gasteiger partial charge in [0.25, 0.3) is 0 Å². The van der Waals surface area contributed by atoms with E-state index in [1.807, 2.05) is 0 Å². The fraction of sp³-hybridized carbons (Fsp3) is 0.0714. The van der Waals surface area contributed by atoms with Crippen LogP contribution in [-0.4, -0.2) is 22.6 Å². The summed E-state index contributed by atoms with van der Waals surface area (Å²) in [5.74, 6) is 0.436. The SMILES string of the molecule is O=C(COc1cccc(O)c1)c1ccc(O)cc1. The van der Waals surface area contributed by atoms with Crippen LogP contribution in [0.25, 0.3) is 0 Å². The van der Waals surface area contributed by atoms with Gasteiger partial charge in [0.1, 0.15) is 17.2 Å². The minimum Gasteiger partial charge on any atom is -0.508 e. The van der Waals surface area contributed by atoms with Crippen LogP contribution in [0, 0.1) is 0 Å². The number of phenolic OH excluding ortho intramolecular Hbond substituents is 2. The van der Waals surface area contributed by atoms with Crippen LogP contribution in [-0.2, 0) is 0 Å². The topological polar surface area (TPSA) is 66.8 Å². The summed E-state index contributed by atoms with van der Waals surface area (Å²) in [4.78, 5) is 11.7. The normalized spacial score (nSPS) is 10.0. The van der Waals surface area contributed by atoms with Gasteiger partial charge in [0.2, 0.25) is 0 Å². The molecular weight excluding hydrogens is 232 g/mol. The van der Waals surface area contributed by atoms with E-state index in [1.165, 1.54) is 36.4 Å². The molecule has 0 aliphatic heterocycles. The van der Waals surface area contributed by atoms with Crippen molar-refractivity contribution in [2.45, 2.75) is 0 Å². The molecule has 0 aromatic heterocycles. The van der Waals surface area contributed by atoms with Crippen molar-refractivity contribution >= 4 is 5.78 Å². The van der Waals surface area contributed by atoms with Gasteiger partial charge >= 0.3 is 0 Å². The predicted octanol–water partition coefficient (Wildman–Crippen LogP) is 2.36. The van der Waals surface area contributed by atoms with Crippen LogP contribution in [0.5, 0.6) is 17.2 Å². The van der Waals surface area contributed by atoms with Crippen LogP contribution in [0.4, 0.5) is 0 Å². The highest BCUT2D eigenvalue weighted by Crippen LogP contribution is 2.18. The van der Waals surface area contributed by atoms with Gasteiger partial charge in [0.05, 0.1) is 0 Å². The van der Waals surface area contributed by atoms with E-state index < -0.39 is 0 Å².